The summed E-state index contributed by atoms with van der Waals surface area (Å²) in [6.07, 6.45) is 1.27. The lowest BCUT2D eigenvalue weighted by Gasteiger charge is -2.10. The lowest BCUT2D eigenvalue weighted by molar-refractivity contribution is 0.601. The van der Waals surface area contributed by atoms with Crippen molar-refractivity contribution >= 4 is 54.1 Å². The molecule has 3 rings (SSSR count). The maximum absolute atomic E-state index is 12.5. The Hall–Kier alpha value is -1.63. The normalized spacial score (nSPS) is 11.5. The van der Waals surface area contributed by atoms with Gasteiger partial charge in [0.15, 0.2) is 0 Å². The first-order valence-corrected chi connectivity index (χ1v) is 8.94. The Morgan fingerprint density at radius 3 is 2.55 bits per heavy atom. The fraction of sp³-hybridized carbons (Fsp3) is 0. The highest BCUT2D eigenvalue weighted by Gasteiger charge is 2.20. The second-order valence-corrected chi connectivity index (χ2v) is 7.51. The van der Waals surface area contributed by atoms with E-state index in [2.05, 4.69) is 25.6 Å². The zero-order valence-electron chi connectivity index (χ0n) is 11.1. The molecule has 2 aromatic carbocycles. The van der Waals surface area contributed by atoms with Gasteiger partial charge in [0.1, 0.15) is 4.90 Å². The highest BCUT2D eigenvalue weighted by Crippen LogP contribution is 2.31. The van der Waals surface area contributed by atoms with Gasteiger partial charge in [-0.05, 0) is 24.3 Å². The molecule has 0 saturated heterocycles. The summed E-state index contributed by atoms with van der Waals surface area (Å²) in [4.78, 5) is 4.13. The number of rotatable bonds is 3. The monoisotopic (exact) mass is 396 g/mol. The third kappa shape index (κ3) is 2.95. The van der Waals surface area contributed by atoms with Crippen molar-refractivity contribution in [2.45, 2.75) is 4.90 Å². The highest BCUT2D eigenvalue weighted by atomic mass is 79.9. The molecule has 22 heavy (non-hydrogen) atoms. The summed E-state index contributed by atoms with van der Waals surface area (Å²) in [7, 11) is -3.80. The predicted octanol–water partition coefficient (Wildman–Crippen LogP) is 4.45. The minimum Gasteiger partial charge on any atom is -0.280 e. The molecular formula is C15H10BrClN2O2S. The van der Waals surface area contributed by atoms with E-state index in [0.29, 0.717) is 16.6 Å². The summed E-state index contributed by atoms with van der Waals surface area (Å²) in [6, 6.07) is 13.9. The van der Waals surface area contributed by atoms with Gasteiger partial charge in [0.2, 0.25) is 0 Å². The quantitative estimate of drug-likeness (QED) is 0.710. The lowest BCUT2D eigenvalue weighted by atomic mass is 10.2. The molecule has 0 unspecified atom stereocenters. The molecule has 0 radical (unpaired) electrons. The first-order chi connectivity index (χ1) is 10.5. The number of pyridine rings is 1. The molecule has 0 atom stereocenters. The number of benzene rings is 2. The van der Waals surface area contributed by atoms with Crippen LogP contribution in [-0.4, -0.2) is 13.4 Å². The zero-order chi connectivity index (χ0) is 15.7. The van der Waals surface area contributed by atoms with Crippen LogP contribution in [0.2, 0.25) is 5.02 Å². The number of nitrogens with one attached hydrogen (secondary N) is 1. The maximum Gasteiger partial charge on any atom is 0.264 e. The third-order valence-electron chi connectivity index (χ3n) is 3.05. The van der Waals surface area contributed by atoms with Crippen LogP contribution in [0.1, 0.15) is 0 Å². The summed E-state index contributed by atoms with van der Waals surface area (Å²) >= 11 is 9.62. The number of hydrogen-bond acceptors (Lipinski definition) is 3. The molecule has 0 fully saturated rings. The van der Waals surface area contributed by atoms with Crippen molar-refractivity contribution in [3.05, 3.63) is 64.2 Å². The number of nitrogens with zero attached hydrogens (tertiary/aromatic N) is 1. The molecule has 0 aliphatic heterocycles. The van der Waals surface area contributed by atoms with Crippen LogP contribution in [0.3, 0.4) is 0 Å². The van der Waals surface area contributed by atoms with Crippen LogP contribution in [0, 0.1) is 0 Å². The van der Waals surface area contributed by atoms with Crippen molar-refractivity contribution in [1.82, 2.24) is 4.98 Å². The van der Waals surface area contributed by atoms with E-state index >= 15 is 0 Å². The standard InChI is InChI=1S/C15H10BrClN2O2S/c16-10-6-7-12-13(8-10)18-9-14(15(12)17)22(20,21)19-11-4-2-1-3-5-11/h1-9,19H. The molecule has 0 aliphatic rings. The topological polar surface area (TPSA) is 59.1 Å². The number of anilines is 1. The number of aromatic nitrogens is 1. The Balaban J connectivity index is 2.09. The molecule has 0 saturated carbocycles. The average molecular weight is 398 g/mol. The van der Waals surface area contributed by atoms with Gasteiger partial charge in [-0.3, -0.25) is 9.71 Å². The zero-order valence-corrected chi connectivity index (χ0v) is 14.3. The molecule has 1 N–H and O–H groups in total. The first-order valence-electron chi connectivity index (χ1n) is 6.29. The Morgan fingerprint density at radius 1 is 1.09 bits per heavy atom. The van der Waals surface area contributed by atoms with Crippen molar-refractivity contribution in [2.75, 3.05) is 4.72 Å². The average Bonchev–Trinajstić information content (AvgIpc) is 2.47. The van der Waals surface area contributed by atoms with Crippen LogP contribution < -0.4 is 4.72 Å². The molecule has 3 aromatic rings. The van der Waals surface area contributed by atoms with E-state index in [-0.39, 0.29) is 9.92 Å². The number of hydrogen-bond donors (Lipinski definition) is 1. The Kier molecular flexibility index (Phi) is 4.08. The van der Waals surface area contributed by atoms with Gasteiger partial charge < -0.3 is 0 Å². The highest BCUT2D eigenvalue weighted by molar-refractivity contribution is 9.10. The smallest absolute Gasteiger partial charge is 0.264 e. The Labute approximate surface area is 141 Å². The van der Waals surface area contributed by atoms with Gasteiger partial charge in [-0.15, -0.1) is 0 Å². The summed E-state index contributed by atoms with van der Waals surface area (Å²) in [5, 5.41) is 0.738. The summed E-state index contributed by atoms with van der Waals surface area (Å²) in [6.45, 7) is 0. The molecule has 0 amide bonds. The largest absolute Gasteiger partial charge is 0.280 e. The molecule has 0 aliphatic carbocycles. The van der Waals surface area contributed by atoms with E-state index in [4.69, 9.17) is 11.6 Å². The molecule has 0 spiro atoms. The minimum atomic E-state index is -3.80. The Bertz CT molecular complexity index is 946. The van der Waals surface area contributed by atoms with Crippen LogP contribution in [-0.2, 0) is 10.0 Å². The first kappa shape index (κ1) is 15.3. The second kappa shape index (κ2) is 5.87. The van der Waals surface area contributed by atoms with Gasteiger partial charge in [0, 0.05) is 21.7 Å². The Morgan fingerprint density at radius 2 is 1.82 bits per heavy atom. The fourth-order valence-corrected chi connectivity index (χ4v) is 3.97. The van der Waals surface area contributed by atoms with Crippen molar-refractivity contribution in [3.63, 3.8) is 0 Å². The van der Waals surface area contributed by atoms with Crippen molar-refractivity contribution < 1.29 is 8.42 Å². The molecule has 4 nitrogen and oxygen atoms in total. The molecule has 1 aromatic heterocycles. The summed E-state index contributed by atoms with van der Waals surface area (Å²) in [5.41, 5.74) is 1.09. The van der Waals surface area contributed by atoms with Crippen LogP contribution in [0.15, 0.2) is 64.1 Å². The van der Waals surface area contributed by atoms with Gasteiger partial charge >= 0.3 is 0 Å². The van der Waals surface area contributed by atoms with E-state index in [1.54, 1.807) is 48.5 Å². The molecule has 112 valence electrons. The molecule has 7 heteroatoms. The van der Waals surface area contributed by atoms with Crippen molar-refractivity contribution in [3.8, 4) is 0 Å². The number of fused-ring (bicyclic) bond motifs is 1. The minimum absolute atomic E-state index is 0.0483. The van der Waals surface area contributed by atoms with Crippen LogP contribution in [0.5, 0.6) is 0 Å². The maximum atomic E-state index is 12.5. The van der Waals surface area contributed by atoms with Gasteiger partial charge in [-0.1, -0.05) is 51.8 Å². The van der Waals surface area contributed by atoms with Gasteiger partial charge in [-0.25, -0.2) is 8.42 Å². The van der Waals surface area contributed by atoms with Crippen LogP contribution in [0.4, 0.5) is 5.69 Å². The van der Waals surface area contributed by atoms with Gasteiger partial charge in [0.05, 0.1) is 10.5 Å². The van der Waals surface area contributed by atoms with Crippen LogP contribution in [0.25, 0.3) is 10.9 Å². The third-order valence-corrected chi connectivity index (χ3v) is 5.45. The molecule has 1 heterocycles. The second-order valence-electron chi connectivity index (χ2n) is 4.57. The summed E-state index contributed by atoms with van der Waals surface area (Å²) in [5.74, 6) is 0. The van der Waals surface area contributed by atoms with E-state index in [1.165, 1.54) is 6.20 Å². The lowest BCUT2D eigenvalue weighted by Crippen LogP contribution is -2.13. The van der Waals surface area contributed by atoms with E-state index in [0.717, 1.165) is 4.47 Å². The van der Waals surface area contributed by atoms with Gasteiger partial charge in [0.25, 0.3) is 10.0 Å². The van der Waals surface area contributed by atoms with Crippen molar-refractivity contribution in [1.29, 1.82) is 0 Å². The number of halogens is 2. The van der Waals surface area contributed by atoms with E-state index in [9.17, 15) is 8.42 Å². The molecular weight excluding hydrogens is 388 g/mol. The number of sulfonamides is 1. The van der Waals surface area contributed by atoms with E-state index in [1.807, 2.05) is 0 Å². The predicted molar refractivity (Wildman–Crippen MR) is 91.7 cm³/mol. The van der Waals surface area contributed by atoms with E-state index < -0.39 is 10.0 Å². The number of para-hydroxylation sites is 1. The fourth-order valence-electron chi connectivity index (χ4n) is 2.02. The van der Waals surface area contributed by atoms with Crippen molar-refractivity contribution in [2.24, 2.45) is 0 Å². The SMILES string of the molecule is O=S(=O)(Nc1ccccc1)c1cnc2cc(Br)ccc2c1Cl. The van der Waals surface area contributed by atoms with Gasteiger partial charge in [-0.2, -0.15) is 0 Å². The van der Waals surface area contributed by atoms with Crippen LogP contribution >= 0.6 is 27.5 Å². The summed E-state index contributed by atoms with van der Waals surface area (Å²) < 4.78 is 28.3. The molecule has 0 bridgehead atoms.